The van der Waals surface area contributed by atoms with Crippen molar-refractivity contribution in [3.8, 4) is 0 Å². The predicted octanol–water partition coefficient (Wildman–Crippen LogP) is 3.87. The zero-order valence-electron chi connectivity index (χ0n) is 21.3. The van der Waals surface area contributed by atoms with E-state index < -0.39 is 52.9 Å². The number of alkyl carbamates (subject to hydrolysis) is 1. The van der Waals surface area contributed by atoms with Crippen molar-refractivity contribution in [2.24, 2.45) is 17.8 Å². The van der Waals surface area contributed by atoms with E-state index in [1.807, 2.05) is 30.3 Å². The van der Waals surface area contributed by atoms with Gasteiger partial charge in [0.2, 0.25) is 15.9 Å². The summed E-state index contributed by atoms with van der Waals surface area (Å²) in [6.07, 6.45) is 3.87. The van der Waals surface area contributed by atoms with Crippen LogP contribution in [0.2, 0.25) is 0 Å². The smallest absolute Gasteiger partial charge is 0.407 e. The largest absolute Gasteiger partial charge is 0.449 e. The molecule has 0 saturated heterocycles. The first-order chi connectivity index (χ1) is 18.6. The van der Waals surface area contributed by atoms with Crippen molar-refractivity contribution in [3.63, 3.8) is 0 Å². The van der Waals surface area contributed by atoms with Crippen LogP contribution < -0.4 is 15.4 Å². The Labute approximate surface area is 226 Å². The van der Waals surface area contributed by atoms with Crippen molar-refractivity contribution in [1.29, 1.82) is 0 Å². The van der Waals surface area contributed by atoms with E-state index in [1.165, 1.54) is 12.1 Å². The van der Waals surface area contributed by atoms with E-state index in [1.54, 1.807) is 0 Å². The maximum atomic E-state index is 13.4. The Kier molecular flexibility index (Phi) is 7.86. The van der Waals surface area contributed by atoms with Gasteiger partial charge < -0.3 is 15.4 Å². The molecule has 1 heterocycles. The minimum absolute atomic E-state index is 0.0175. The van der Waals surface area contributed by atoms with Crippen molar-refractivity contribution in [3.05, 3.63) is 54.2 Å². The van der Waals surface area contributed by atoms with Crippen molar-refractivity contribution in [1.82, 2.24) is 15.0 Å². The molecule has 3 fully saturated rings. The number of anilines is 1. The molecule has 1 atom stereocenters. The predicted molar refractivity (Wildman–Crippen MR) is 139 cm³/mol. The van der Waals surface area contributed by atoms with E-state index in [-0.39, 0.29) is 23.2 Å². The number of pyridine rings is 1. The lowest BCUT2D eigenvalue weighted by Gasteiger charge is -2.34. The fourth-order valence-corrected chi connectivity index (χ4v) is 6.33. The number of carbonyl (C=O) groups is 2. The quantitative estimate of drug-likeness (QED) is 0.361. The zero-order chi connectivity index (χ0) is 27.6. The van der Waals surface area contributed by atoms with E-state index in [4.69, 9.17) is 4.74 Å². The van der Waals surface area contributed by atoms with Crippen LogP contribution in [0.25, 0.3) is 0 Å². The van der Waals surface area contributed by atoms with Gasteiger partial charge in [0.25, 0.3) is 5.92 Å². The number of hydrogen-bond donors (Lipinski definition) is 3. The van der Waals surface area contributed by atoms with Gasteiger partial charge in [-0.15, -0.1) is 0 Å². The standard InChI is InChI=1S/C27H32F2N4O5S/c28-27(29)14-20(15-27)33-39(36,37)21-10-11-22(30-16-21)31-25(34)24(23(18-6-7-18)19-8-9-19)32-26(35)38-13-12-17-4-2-1-3-5-17/h1-5,10-11,16,18-20,23-24,33H,6-9,12-15H2,(H,32,35)(H,30,31,34)/t24-/m0/s1. The summed E-state index contributed by atoms with van der Waals surface area (Å²) in [6, 6.07) is 10.6. The van der Waals surface area contributed by atoms with E-state index in [9.17, 15) is 26.8 Å². The van der Waals surface area contributed by atoms with Crippen LogP contribution >= 0.6 is 0 Å². The SMILES string of the molecule is O=C(N[C@H](C(=O)Nc1ccc(S(=O)(=O)NC2CC(F)(F)C2)cn1)C(C1CC1)C1CC1)OCCc1ccccc1. The molecule has 3 saturated carbocycles. The monoisotopic (exact) mass is 562 g/mol. The Balaban J connectivity index is 1.20. The normalized spacial score (nSPS) is 19.7. The lowest BCUT2D eigenvalue weighted by Crippen LogP contribution is -2.50. The van der Waals surface area contributed by atoms with Gasteiger partial charge in [-0.05, 0) is 61.1 Å². The summed E-state index contributed by atoms with van der Waals surface area (Å²) >= 11 is 0. The highest BCUT2D eigenvalue weighted by Gasteiger charge is 2.49. The molecule has 1 aromatic heterocycles. The first-order valence-corrected chi connectivity index (χ1v) is 14.7. The maximum Gasteiger partial charge on any atom is 0.407 e. The van der Waals surface area contributed by atoms with Gasteiger partial charge in [-0.25, -0.2) is 31.7 Å². The number of alkyl halides is 2. The second-order valence-corrected chi connectivity index (χ2v) is 12.4. The van der Waals surface area contributed by atoms with Gasteiger partial charge in [0.05, 0.1) is 6.61 Å². The molecule has 0 unspecified atom stereocenters. The lowest BCUT2D eigenvalue weighted by atomic mass is 9.89. The molecule has 0 bridgehead atoms. The highest BCUT2D eigenvalue weighted by atomic mass is 32.2. The topological polar surface area (TPSA) is 126 Å². The Morgan fingerprint density at radius 1 is 1.03 bits per heavy atom. The van der Waals surface area contributed by atoms with Gasteiger partial charge in [-0.3, -0.25) is 4.79 Å². The number of sulfonamides is 1. The Bertz CT molecular complexity index is 1270. The minimum Gasteiger partial charge on any atom is -0.449 e. The summed E-state index contributed by atoms with van der Waals surface area (Å²) in [7, 11) is -4.03. The van der Waals surface area contributed by atoms with Crippen LogP contribution in [0.5, 0.6) is 0 Å². The summed E-state index contributed by atoms with van der Waals surface area (Å²) in [5.74, 6) is -2.50. The van der Waals surface area contributed by atoms with Crippen LogP contribution in [0.3, 0.4) is 0 Å². The zero-order valence-corrected chi connectivity index (χ0v) is 22.1. The molecular weight excluding hydrogens is 530 g/mol. The van der Waals surface area contributed by atoms with Crippen LogP contribution in [0.15, 0.2) is 53.6 Å². The molecule has 2 amide bonds. The summed E-state index contributed by atoms with van der Waals surface area (Å²) in [5.41, 5.74) is 1.03. The molecule has 9 nitrogen and oxygen atoms in total. The van der Waals surface area contributed by atoms with Gasteiger partial charge in [0.15, 0.2) is 0 Å². The Morgan fingerprint density at radius 3 is 2.26 bits per heavy atom. The molecule has 3 aliphatic carbocycles. The molecule has 5 rings (SSSR count). The van der Waals surface area contributed by atoms with E-state index in [2.05, 4.69) is 20.3 Å². The number of halogens is 2. The molecule has 12 heteroatoms. The molecule has 1 aromatic carbocycles. The van der Waals surface area contributed by atoms with Crippen molar-refractivity contribution in [2.75, 3.05) is 11.9 Å². The van der Waals surface area contributed by atoms with Crippen LogP contribution in [-0.4, -0.2) is 50.0 Å². The number of nitrogens with one attached hydrogen (secondary N) is 3. The van der Waals surface area contributed by atoms with Gasteiger partial charge in [0, 0.05) is 31.5 Å². The van der Waals surface area contributed by atoms with E-state index in [0.29, 0.717) is 18.3 Å². The number of carbonyl (C=O) groups excluding carboxylic acids is 2. The molecule has 3 N–H and O–H groups in total. The molecule has 210 valence electrons. The van der Waals surface area contributed by atoms with Gasteiger partial charge in [-0.1, -0.05) is 30.3 Å². The Morgan fingerprint density at radius 2 is 1.69 bits per heavy atom. The van der Waals surface area contributed by atoms with Crippen LogP contribution in [0.4, 0.5) is 19.4 Å². The van der Waals surface area contributed by atoms with Crippen LogP contribution in [-0.2, 0) is 26.0 Å². The number of hydrogen-bond acceptors (Lipinski definition) is 6. The number of ether oxygens (including phenoxy) is 1. The first-order valence-electron chi connectivity index (χ1n) is 13.2. The number of nitrogens with zero attached hydrogens (tertiary/aromatic N) is 1. The molecule has 39 heavy (non-hydrogen) atoms. The van der Waals surface area contributed by atoms with Crippen LogP contribution in [0, 0.1) is 17.8 Å². The fraction of sp³-hybridized carbons (Fsp3) is 0.519. The highest BCUT2D eigenvalue weighted by molar-refractivity contribution is 7.89. The highest BCUT2D eigenvalue weighted by Crippen LogP contribution is 2.51. The van der Waals surface area contributed by atoms with E-state index in [0.717, 1.165) is 37.4 Å². The minimum atomic E-state index is -4.03. The first kappa shape index (κ1) is 27.4. The second kappa shape index (κ2) is 11.2. The third kappa shape index (κ3) is 7.30. The molecule has 2 aromatic rings. The van der Waals surface area contributed by atoms with Gasteiger partial charge in [-0.2, -0.15) is 0 Å². The molecule has 3 aliphatic rings. The fourth-order valence-electron chi connectivity index (χ4n) is 5.15. The molecular formula is C27H32F2N4O5S. The van der Waals surface area contributed by atoms with Crippen LogP contribution in [0.1, 0.15) is 44.1 Å². The number of aromatic nitrogens is 1. The summed E-state index contributed by atoms with van der Waals surface area (Å²) in [4.78, 5) is 29.9. The summed E-state index contributed by atoms with van der Waals surface area (Å²) in [5, 5.41) is 5.47. The average molecular weight is 563 g/mol. The van der Waals surface area contributed by atoms with Crippen molar-refractivity contribution in [2.45, 2.75) is 67.8 Å². The molecule has 0 radical (unpaired) electrons. The number of rotatable bonds is 12. The Hall–Kier alpha value is -3.12. The van der Waals surface area contributed by atoms with Gasteiger partial charge >= 0.3 is 6.09 Å². The summed E-state index contributed by atoms with van der Waals surface area (Å²) < 4.78 is 58.7. The summed E-state index contributed by atoms with van der Waals surface area (Å²) in [6.45, 7) is 0.172. The van der Waals surface area contributed by atoms with Crippen molar-refractivity contribution >= 4 is 27.8 Å². The third-order valence-corrected chi connectivity index (χ3v) is 8.96. The molecule has 0 spiro atoms. The molecule has 0 aliphatic heterocycles. The average Bonchev–Trinajstić information content (AvgIpc) is 3.79. The second-order valence-electron chi connectivity index (χ2n) is 10.7. The third-order valence-electron chi connectivity index (χ3n) is 7.45. The van der Waals surface area contributed by atoms with Gasteiger partial charge in [0.1, 0.15) is 16.8 Å². The maximum absolute atomic E-state index is 13.4. The number of amides is 2. The number of benzene rings is 1. The van der Waals surface area contributed by atoms with Crippen molar-refractivity contribution < 1.29 is 31.5 Å². The van der Waals surface area contributed by atoms with E-state index >= 15 is 0 Å². The lowest BCUT2D eigenvalue weighted by molar-refractivity contribution is -0.119.